The third-order valence-electron chi connectivity index (χ3n) is 3.63. The number of rotatable bonds is 4. The molecule has 0 aliphatic carbocycles. The number of anilines is 2. The predicted octanol–water partition coefficient (Wildman–Crippen LogP) is 2.44. The van der Waals surface area contributed by atoms with Crippen LogP contribution in [0.5, 0.6) is 0 Å². The van der Waals surface area contributed by atoms with Crippen molar-refractivity contribution in [3.8, 4) is 0 Å². The molecule has 7 nitrogen and oxygen atoms in total. The number of hydrogen-bond donors (Lipinski definition) is 2. The number of hydrazone groups is 1. The number of ketones is 1. The van der Waals surface area contributed by atoms with Crippen molar-refractivity contribution in [2.75, 3.05) is 10.3 Å². The van der Waals surface area contributed by atoms with Crippen LogP contribution < -0.4 is 16.1 Å². The van der Waals surface area contributed by atoms with Gasteiger partial charge in [0.2, 0.25) is 5.78 Å². The number of nitrogens with one attached hydrogen (secondary N) is 1. The summed E-state index contributed by atoms with van der Waals surface area (Å²) in [5.74, 6) is -4.49. The van der Waals surface area contributed by atoms with Crippen LogP contribution in [-0.4, -0.2) is 23.4 Å². The van der Waals surface area contributed by atoms with Gasteiger partial charge in [0, 0.05) is 5.02 Å². The fourth-order valence-electron chi connectivity index (χ4n) is 2.38. The Labute approximate surface area is 158 Å². The van der Waals surface area contributed by atoms with Crippen LogP contribution >= 0.6 is 23.2 Å². The molecule has 1 aliphatic heterocycles. The summed E-state index contributed by atoms with van der Waals surface area (Å²) >= 11 is 11.8. The topological polar surface area (TPSA) is 105 Å². The average Bonchev–Trinajstić information content (AvgIpc) is 2.92. The van der Waals surface area contributed by atoms with E-state index in [2.05, 4.69) is 10.4 Å². The Morgan fingerprint density at radius 1 is 1.12 bits per heavy atom. The first kappa shape index (κ1) is 17.9. The van der Waals surface area contributed by atoms with E-state index in [0.717, 1.165) is 5.01 Å². The fraction of sp³-hybridized carbons (Fsp3) is 0.0588. The second-order valence-electron chi connectivity index (χ2n) is 5.39. The van der Waals surface area contributed by atoms with Crippen molar-refractivity contribution in [3.05, 3.63) is 58.6 Å². The molecule has 3 N–H and O–H groups in total. The first-order valence-corrected chi connectivity index (χ1v) is 8.17. The van der Waals surface area contributed by atoms with E-state index < -0.39 is 23.5 Å². The number of amides is 2. The van der Waals surface area contributed by atoms with Crippen molar-refractivity contribution in [1.82, 2.24) is 0 Å². The molecule has 0 radical (unpaired) electrons. The predicted molar refractivity (Wildman–Crippen MR) is 99.1 cm³/mol. The Hall–Kier alpha value is -2.90. The monoisotopic (exact) mass is 390 g/mol. The van der Waals surface area contributed by atoms with Gasteiger partial charge in [-0.05, 0) is 30.3 Å². The first-order chi connectivity index (χ1) is 12.4. The van der Waals surface area contributed by atoms with Gasteiger partial charge in [0.15, 0.2) is 5.92 Å². The summed E-state index contributed by atoms with van der Waals surface area (Å²) in [6, 6.07) is 12.8. The molecule has 2 amide bonds. The zero-order valence-corrected chi connectivity index (χ0v) is 14.7. The van der Waals surface area contributed by atoms with Gasteiger partial charge in [0.1, 0.15) is 5.84 Å². The van der Waals surface area contributed by atoms with Gasteiger partial charge in [0.05, 0.1) is 16.4 Å². The summed E-state index contributed by atoms with van der Waals surface area (Å²) < 4.78 is 0. The molecule has 0 bridgehead atoms. The van der Waals surface area contributed by atoms with E-state index in [-0.39, 0.29) is 16.5 Å². The molecule has 0 aromatic heterocycles. The lowest BCUT2D eigenvalue weighted by Crippen LogP contribution is -2.41. The number of amidine groups is 1. The molecular formula is C17H12Cl2N4O3. The van der Waals surface area contributed by atoms with Crippen molar-refractivity contribution in [2.45, 2.75) is 0 Å². The Morgan fingerprint density at radius 2 is 1.81 bits per heavy atom. The van der Waals surface area contributed by atoms with Crippen LogP contribution in [-0.2, 0) is 14.4 Å². The maximum atomic E-state index is 12.5. The zero-order chi connectivity index (χ0) is 18.8. The third kappa shape index (κ3) is 3.40. The highest BCUT2D eigenvalue weighted by atomic mass is 35.5. The minimum Gasteiger partial charge on any atom is -0.385 e. The van der Waals surface area contributed by atoms with Gasteiger partial charge in [-0.3, -0.25) is 14.4 Å². The minimum atomic E-state index is -1.48. The summed E-state index contributed by atoms with van der Waals surface area (Å²) in [7, 11) is 0. The molecule has 0 fully saturated rings. The third-order valence-corrected chi connectivity index (χ3v) is 4.18. The first-order valence-electron chi connectivity index (χ1n) is 7.41. The van der Waals surface area contributed by atoms with E-state index in [1.165, 1.54) is 18.2 Å². The number of carbonyl (C=O) groups is 3. The number of halogens is 2. The molecule has 1 aliphatic rings. The largest absolute Gasteiger partial charge is 0.385 e. The Bertz CT molecular complexity index is 931. The van der Waals surface area contributed by atoms with Gasteiger partial charge in [-0.1, -0.05) is 41.4 Å². The minimum absolute atomic E-state index is 0.156. The molecule has 1 heterocycles. The molecule has 2 aromatic carbocycles. The summed E-state index contributed by atoms with van der Waals surface area (Å²) in [6.45, 7) is 0. The molecule has 3 rings (SSSR count). The second kappa shape index (κ2) is 7.15. The number of nitrogens with zero attached hydrogens (tertiary/aromatic N) is 2. The van der Waals surface area contributed by atoms with Crippen LogP contribution in [0.3, 0.4) is 0 Å². The van der Waals surface area contributed by atoms with E-state index in [1.807, 2.05) is 0 Å². The molecule has 9 heteroatoms. The van der Waals surface area contributed by atoms with Crippen molar-refractivity contribution < 1.29 is 14.4 Å². The van der Waals surface area contributed by atoms with Crippen LogP contribution in [0, 0.1) is 5.92 Å². The van der Waals surface area contributed by atoms with Crippen LogP contribution in [0.2, 0.25) is 10.0 Å². The lowest BCUT2D eigenvalue weighted by molar-refractivity contribution is -0.138. The molecule has 0 unspecified atom stereocenters. The number of hydrogen-bond acceptors (Lipinski definition) is 5. The van der Waals surface area contributed by atoms with Crippen molar-refractivity contribution >= 4 is 58.0 Å². The van der Waals surface area contributed by atoms with E-state index in [1.54, 1.807) is 30.3 Å². The fourth-order valence-corrected chi connectivity index (χ4v) is 2.83. The molecule has 26 heavy (non-hydrogen) atoms. The maximum Gasteiger partial charge on any atom is 0.293 e. The highest BCUT2D eigenvalue weighted by molar-refractivity contribution is 6.50. The number of para-hydroxylation sites is 1. The van der Waals surface area contributed by atoms with Crippen molar-refractivity contribution in [1.29, 1.82) is 0 Å². The van der Waals surface area contributed by atoms with E-state index in [0.29, 0.717) is 10.7 Å². The Balaban J connectivity index is 1.78. The Morgan fingerprint density at radius 3 is 2.46 bits per heavy atom. The maximum absolute atomic E-state index is 12.5. The lowest BCUT2D eigenvalue weighted by atomic mass is 10.0. The van der Waals surface area contributed by atoms with E-state index in [9.17, 15) is 14.4 Å². The smallest absolute Gasteiger partial charge is 0.293 e. The number of nitrogens with two attached hydrogens (primary N) is 1. The van der Waals surface area contributed by atoms with Gasteiger partial charge in [0.25, 0.3) is 11.8 Å². The molecule has 2 aromatic rings. The molecule has 132 valence electrons. The van der Waals surface area contributed by atoms with E-state index >= 15 is 0 Å². The number of Topliss-reactive ketones (excluding diaryl/α,β-unsaturated/α-hetero) is 1. The summed E-state index contributed by atoms with van der Waals surface area (Å²) in [6.07, 6.45) is 0. The molecule has 0 saturated carbocycles. The quantitative estimate of drug-likeness (QED) is 0.617. The SMILES string of the molecule is NC1=NN(c2ccccc2)C(=O)[C@H]1C(=O)C(=O)Nc1ccc(Cl)cc1Cl. The summed E-state index contributed by atoms with van der Waals surface area (Å²) in [4.78, 5) is 37.2. The molecule has 1 atom stereocenters. The summed E-state index contributed by atoms with van der Waals surface area (Å²) in [5.41, 5.74) is 6.35. The molecular weight excluding hydrogens is 379 g/mol. The van der Waals surface area contributed by atoms with Crippen LogP contribution in [0.15, 0.2) is 53.6 Å². The van der Waals surface area contributed by atoms with Crippen LogP contribution in [0.4, 0.5) is 11.4 Å². The molecule has 0 saturated heterocycles. The zero-order valence-electron chi connectivity index (χ0n) is 13.1. The number of carbonyl (C=O) groups excluding carboxylic acids is 3. The van der Waals surface area contributed by atoms with Crippen molar-refractivity contribution in [2.24, 2.45) is 16.8 Å². The van der Waals surface area contributed by atoms with Crippen LogP contribution in [0.25, 0.3) is 0 Å². The average molecular weight is 391 g/mol. The normalized spacial score (nSPS) is 16.4. The van der Waals surface area contributed by atoms with Crippen LogP contribution in [0.1, 0.15) is 0 Å². The lowest BCUT2D eigenvalue weighted by Gasteiger charge is -2.13. The highest BCUT2D eigenvalue weighted by Crippen LogP contribution is 2.26. The Kier molecular flexibility index (Phi) is 4.92. The van der Waals surface area contributed by atoms with Gasteiger partial charge in [-0.25, -0.2) is 0 Å². The standard InChI is InChI=1S/C17H12Cl2N4O3/c18-9-6-7-12(11(19)8-9)21-16(25)14(24)13-15(20)22-23(17(13)26)10-4-2-1-3-5-10/h1-8,13H,(H2,20,22)(H,21,25)/t13-/m0/s1. The van der Waals surface area contributed by atoms with E-state index in [4.69, 9.17) is 28.9 Å². The summed E-state index contributed by atoms with van der Waals surface area (Å²) in [5, 5.41) is 7.78. The van der Waals surface area contributed by atoms with Gasteiger partial charge >= 0.3 is 0 Å². The van der Waals surface area contributed by atoms with Crippen molar-refractivity contribution in [3.63, 3.8) is 0 Å². The second-order valence-corrected chi connectivity index (χ2v) is 6.23. The van der Waals surface area contributed by atoms with Gasteiger partial charge in [-0.2, -0.15) is 10.1 Å². The van der Waals surface area contributed by atoms with Gasteiger partial charge < -0.3 is 11.1 Å². The number of benzene rings is 2. The highest BCUT2D eigenvalue weighted by Gasteiger charge is 2.43. The van der Waals surface area contributed by atoms with Gasteiger partial charge in [-0.15, -0.1) is 0 Å². The molecule has 0 spiro atoms.